The SMILES string of the molecule is CC(C)c1cnc(-n2c3[c-]c(Oc4[c-]c(-c5ccccn5)ccc4)ccc3c3ccc(Oc4[c-]c(-c5ccccn5)ccc4)[c-]c32)nc1.[Pd+2].[Pt+2]. The van der Waals surface area contributed by atoms with Crippen molar-refractivity contribution in [3.63, 3.8) is 0 Å². The summed E-state index contributed by atoms with van der Waals surface area (Å²) in [4.78, 5) is 18.4. The molecule has 0 atom stereocenters. The molecule has 0 bridgehead atoms. The summed E-state index contributed by atoms with van der Waals surface area (Å²) in [7, 11) is 0. The van der Waals surface area contributed by atoms with Crippen LogP contribution in [0.5, 0.6) is 23.0 Å². The molecule has 0 saturated heterocycles. The van der Waals surface area contributed by atoms with Crippen molar-refractivity contribution < 1.29 is 51.0 Å². The summed E-state index contributed by atoms with van der Waals surface area (Å²) in [5, 5.41) is 1.90. The molecule has 0 aliphatic carbocycles. The Morgan fingerprint density at radius 1 is 0.540 bits per heavy atom. The van der Waals surface area contributed by atoms with Crippen LogP contribution in [0.2, 0.25) is 0 Å². The average Bonchev–Trinajstić information content (AvgIpc) is 3.45. The third kappa shape index (κ3) is 7.15. The van der Waals surface area contributed by atoms with Gasteiger partial charge in [0, 0.05) is 47.8 Å². The number of ether oxygens (including phenoxy) is 2. The van der Waals surface area contributed by atoms with Crippen LogP contribution < -0.4 is 9.47 Å². The first-order valence-electron chi connectivity index (χ1n) is 15.6. The normalized spacial score (nSPS) is 10.9. The maximum atomic E-state index is 6.30. The number of hydrogen-bond acceptors (Lipinski definition) is 6. The van der Waals surface area contributed by atoms with Gasteiger partial charge in [-0.25, -0.2) is 9.97 Å². The summed E-state index contributed by atoms with van der Waals surface area (Å²) in [5.41, 5.74) is 5.86. The maximum Gasteiger partial charge on any atom is 2.00 e. The summed E-state index contributed by atoms with van der Waals surface area (Å²) < 4.78 is 14.5. The van der Waals surface area contributed by atoms with Crippen molar-refractivity contribution in [1.82, 2.24) is 24.5 Å². The van der Waals surface area contributed by atoms with E-state index in [1.165, 1.54) is 0 Å². The largest absolute Gasteiger partial charge is 2.00 e. The van der Waals surface area contributed by atoms with Crippen LogP contribution >= 0.6 is 0 Å². The molecule has 0 radical (unpaired) electrons. The standard InChI is InChI=1S/C41H27N5O2.Pd.Pt/c1-27(2)30-25-44-41(45-26-30)46-39-23-33(47-31-11-7-9-28(21-31)37-13-3-5-19-42-37)15-17-35(39)36-18-16-34(24-40(36)46)48-32-12-8-10-29(22-32)38-14-4-6-20-43-38;;/h3-20,25-27H,1-2H3;;/q-4;2*+2. The first kappa shape index (κ1) is 34.9. The number of benzene rings is 4. The molecule has 0 unspecified atom stereocenters. The number of hydrogen-bond donors (Lipinski definition) is 0. The van der Waals surface area contributed by atoms with Crippen LogP contribution in [0.25, 0.3) is 50.3 Å². The molecule has 4 heterocycles. The van der Waals surface area contributed by atoms with E-state index in [0.717, 1.165) is 49.9 Å². The van der Waals surface area contributed by atoms with E-state index in [-0.39, 0.29) is 41.5 Å². The van der Waals surface area contributed by atoms with Crippen molar-refractivity contribution in [1.29, 1.82) is 0 Å². The molecule has 50 heavy (non-hydrogen) atoms. The molecule has 9 heteroatoms. The third-order valence-corrected chi connectivity index (χ3v) is 7.92. The Balaban J connectivity index is 0.00000216. The molecule has 8 aromatic rings. The molecule has 0 fully saturated rings. The van der Waals surface area contributed by atoms with E-state index in [2.05, 4.69) is 48.1 Å². The molecule has 4 aromatic heterocycles. The third-order valence-electron chi connectivity index (χ3n) is 7.92. The first-order chi connectivity index (χ1) is 23.6. The summed E-state index contributed by atoms with van der Waals surface area (Å²) in [6.07, 6.45) is 7.25. The second-order valence-electron chi connectivity index (χ2n) is 11.5. The van der Waals surface area contributed by atoms with Gasteiger partial charge in [0.25, 0.3) is 0 Å². The molecule has 0 spiro atoms. The topological polar surface area (TPSA) is 75.0 Å². The second-order valence-corrected chi connectivity index (χ2v) is 11.5. The minimum absolute atomic E-state index is 0. The van der Waals surface area contributed by atoms with Gasteiger partial charge in [-0.05, 0) is 35.0 Å². The van der Waals surface area contributed by atoms with Crippen molar-refractivity contribution >= 4 is 21.8 Å². The van der Waals surface area contributed by atoms with Gasteiger partial charge in [0.15, 0.2) is 0 Å². The van der Waals surface area contributed by atoms with Gasteiger partial charge in [-0.15, -0.1) is 71.8 Å². The number of aromatic nitrogens is 5. The van der Waals surface area contributed by atoms with Gasteiger partial charge in [0.2, 0.25) is 5.95 Å². The summed E-state index contributed by atoms with van der Waals surface area (Å²) >= 11 is 0. The number of fused-ring (bicyclic) bond motifs is 3. The van der Waals surface area contributed by atoms with E-state index in [0.29, 0.717) is 34.9 Å². The monoisotopic (exact) mass is 922 g/mol. The van der Waals surface area contributed by atoms with E-state index in [9.17, 15) is 0 Å². The molecule has 0 N–H and O–H groups in total. The summed E-state index contributed by atoms with van der Waals surface area (Å²) in [5.74, 6) is 2.95. The molecule has 248 valence electrons. The van der Waals surface area contributed by atoms with Crippen molar-refractivity contribution in [3.05, 3.63) is 152 Å². The maximum absolute atomic E-state index is 6.30. The molecule has 0 aliphatic heterocycles. The van der Waals surface area contributed by atoms with Crippen molar-refractivity contribution in [3.8, 4) is 51.5 Å². The Labute approximate surface area is 318 Å². The fraction of sp³-hybridized carbons (Fsp3) is 0.0732. The number of pyridine rings is 2. The van der Waals surface area contributed by atoms with Gasteiger partial charge < -0.3 is 24.0 Å². The zero-order valence-electron chi connectivity index (χ0n) is 26.8. The van der Waals surface area contributed by atoms with Gasteiger partial charge in [-0.1, -0.05) is 61.3 Å². The van der Waals surface area contributed by atoms with Crippen LogP contribution in [-0.2, 0) is 41.5 Å². The minimum Gasteiger partial charge on any atom is -0.503 e. The van der Waals surface area contributed by atoms with E-state index in [1.807, 2.05) is 114 Å². The first-order valence-corrected chi connectivity index (χ1v) is 15.6. The Morgan fingerprint density at radius 3 is 1.46 bits per heavy atom. The van der Waals surface area contributed by atoms with Crippen LogP contribution in [0.1, 0.15) is 25.3 Å². The average molecular weight is 923 g/mol. The molecule has 7 nitrogen and oxygen atoms in total. The van der Waals surface area contributed by atoms with Crippen LogP contribution in [0.3, 0.4) is 0 Å². The Morgan fingerprint density at radius 2 is 1.02 bits per heavy atom. The smallest absolute Gasteiger partial charge is 0.503 e. The quantitative estimate of drug-likeness (QED) is 0.112. The summed E-state index contributed by atoms with van der Waals surface area (Å²) in [6.45, 7) is 4.24. The second kappa shape index (κ2) is 15.3. The zero-order valence-corrected chi connectivity index (χ0v) is 30.6. The van der Waals surface area contributed by atoms with Gasteiger partial charge in [0.05, 0.1) is 0 Å². The Kier molecular flexibility index (Phi) is 10.6. The van der Waals surface area contributed by atoms with Crippen LogP contribution in [0.15, 0.2) is 122 Å². The zero-order chi connectivity index (χ0) is 32.5. The van der Waals surface area contributed by atoms with Crippen molar-refractivity contribution in [2.75, 3.05) is 0 Å². The van der Waals surface area contributed by atoms with Gasteiger partial charge in [-0.3, -0.25) is 0 Å². The molecule has 4 aromatic carbocycles. The van der Waals surface area contributed by atoms with E-state index in [4.69, 9.17) is 19.4 Å². The van der Waals surface area contributed by atoms with Crippen molar-refractivity contribution in [2.45, 2.75) is 19.8 Å². The Bertz CT molecular complexity index is 2240. The van der Waals surface area contributed by atoms with E-state index in [1.54, 1.807) is 12.4 Å². The minimum atomic E-state index is 0. The molecule has 0 saturated carbocycles. The van der Waals surface area contributed by atoms with Gasteiger partial charge in [-0.2, -0.15) is 22.9 Å². The fourth-order valence-electron chi connectivity index (χ4n) is 5.48. The predicted octanol–water partition coefficient (Wildman–Crippen LogP) is 9.60. The number of nitrogens with zero attached hydrogens (tertiary/aromatic N) is 5. The molecule has 0 aliphatic rings. The van der Waals surface area contributed by atoms with Crippen LogP contribution in [-0.4, -0.2) is 24.5 Å². The van der Waals surface area contributed by atoms with E-state index < -0.39 is 0 Å². The van der Waals surface area contributed by atoms with Crippen LogP contribution in [0.4, 0.5) is 0 Å². The molecular formula is C41H27N5O2PdPt. The molecule has 8 rings (SSSR count). The van der Waals surface area contributed by atoms with E-state index >= 15 is 0 Å². The van der Waals surface area contributed by atoms with Gasteiger partial charge >= 0.3 is 41.5 Å². The summed E-state index contributed by atoms with van der Waals surface area (Å²) in [6, 6.07) is 44.5. The predicted molar refractivity (Wildman–Crippen MR) is 185 cm³/mol. The van der Waals surface area contributed by atoms with Gasteiger partial charge in [0.1, 0.15) is 0 Å². The number of rotatable bonds is 8. The fourth-order valence-corrected chi connectivity index (χ4v) is 5.48. The van der Waals surface area contributed by atoms with Crippen LogP contribution in [0, 0.1) is 24.3 Å². The Hall–Kier alpha value is -4.99. The van der Waals surface area contributed by atoms with Crippen molar-refractivity contribution in [2.24, 2.45) is 0 Å². The molecular weight excluding hydrogens is 896 g/mol. The molecule has 0 amide bonds.